The lowest BCUT2D eigenvalue weighted by molar-refractivity contribution is 0.149. The lowest BCUT2D eigenvalue weighted by Crippen LogP contribution is -2.36. The van der Waals surface area contributed by atoms with Crippen LogP contribution in [0.4, 0.5) is 0 Å². The Morgan fingerprint density at radius 3 is 3.06 bits per heavy atom. The highest BCUT2D eigenvalue weighted by molar-refractivity contribution is 7.09. The molecule has 0 radical (unpaired) electrons. The molecular weight excluding hydrogens is 220 g/mol. The molecule has 16 heavy (non-hydrogen) atoms. The molecular formula is C12H20N2OS. The molecule has 1 saturated heterocycles. The van der Waals surface area contributed by atoms with Crippen LogP contribution in [-0.4, -0.2) is 31.3 Å². The highest BCUT2D eigenvalue weighted by Gasteiger charge is 2.35. The van der Waals surface area contributed by atoms with Crippen molar-refractivity contribution < 1.29 is 4.74 Å². The number of ether oxygens (including phenoxy) is 1. The van der Waals surface area contributed by atoms with E-state index < -0.39 is 0 Å². The highest BCUT2D eigenvalue weighted by Crippen LogP contribution is 2.32. The molecule has 0 spiro atoms. The summed E-state index contributed by atoms with van der Waals surface area (Å²) < 4.78 is 5.57. The van der Waals surface area contributed by atoms with Crippen molar-refractivity contribution in [3.8, 4) is 0 Å². The minimum atomic E-state index is 0.278. The van der Waals surface area contributed by atoms with E-state index >= 15 is 0 Å². The third-order valence-electron chi connectivity index (χ3n) is 3.13. The Balaban J connectivity index is 2.02. The number of thiazole rings is 1. The molecule has 2 heterocycles. The third-order valence-corrected chi connectivity index (χ3v) is 4.09. The topological polar surface area (TPSA) is 34.2 Å². The van der Waals surface area contributed by atoms with Crippen LogP contribution in [0.15, 0.2) is 5.38 Å². The summed E-state index contributed by atoms with van der Waals surface area (Å²) in [6, 6.07) is 0. The Labute approximate surface area is 101 Å². The van der Waals surface area contributed by atoms with Crippen molar-refractivity contribution >= 4 is 11.3 Å². The van der Waals surface area contributed by atoms with Gasteiger partial charge in [0.25, 0.3) is 0 Å². The average Bonchev–Trinajstić information content (AvgIpc) is 2.87. The van der Waals surface area contributed by atoms with Gasteiger partial charge in [0.1, 0.15) is 0 Å². The van der Waals surface area contributed by atoms with Crippen LogP contribution in [0.1, 0.15) is 24.0 Å². The van der Waals surface area contributed by atoms with Gasteiger partial charge >= 0.3 is 0 Å². The summed E-state index contributed by atoms with van der Waals surface area (Å²) in [6.45, 7) is 8.05. The van der Waals surface area contributed by atoms with Gasteiger partial charge in [-0.1, -0.05) is 6.92 Å². The van der Waals surface area contributed by atoms with Gasteiger partial charge in [-0.2, -0.15) is 0 Å². The summed E-state index contributed by atoms with van der Waals surface area (Å²) in [5, 5.41) is 6.84. The van der Waals surface area contributed by atoms with Gasteiger partial charge in [-0.25, -0.2) is 4.98 Å². The Kier molecular flexibility index (Phi) is 3.95. The van der Waals surface area contributed by atoms with E-state index in [0.29, 0.717) is 0 Å². The second kappa shape index (κ2) is 5.25. The number of hydrogen-bond acceptors (Lipinski definition) is 4. The zero-order chi connectivity index (χ0) is 11.4. The quantitative estimate of drug-likeness (QED) is 0.855. The number of nitrogens with one attached hydrogen (secondary N) is 1. The van der Waals surface area contributed by atoms with Crippen LogP contribution in [0.2, 0.25) is 0 Å². The molecule has 0 aromatic carbocycles. The third kappa shape index (κ3) is 2.81. The molecule has 4 heteroatoms. The van der Waals surface area contributed by atoms with Crippen molar-refractivity contribution in [3.05, 3.63) is 16.1 Å². The number of hydrogen-bond donors (Lipinski definition) is 1. The first kappa shape index (κ1) is 12.0. The predicted octanol–water partition coefficient (Wildman–Crippen LogP) is 2.01. The molecule has 1 aromatic heterocycles. The molecule has 1 aliphatic rings. The van der Waals surface area contributed by atoms with Crippen LogP contribution in [0.3, 0.4) is 0 Å². The summed E-state index contributed by atoms with van der Waals surface area (Å²) >= 11 is 1.77. The zero-order valence-corrected chi connectivity index (χ0v) is 10.9. The molecule has 1 N–H and O–H groups in total. The van der Waals surface area contributed by atoms with E-state index in [0.717, 1.165) is 44.8 Å². The van der Waals surface area contributed by atoms with Gasteiger partial charge in [-0.15, -0.1) is 11.3 Å². The standard InChI is InChI=1S/C12H20N2OS/c1-3-13-8-12(4-5-15-9-12)6-11-14-10(2)7-16-11/h7,13H,3-6,8-9H2,1-2H3. The first-order chi connectivity index (χ1) is 7.74. The van der Waals surface area contributed by atoms with E-state index in [4.69, 9.17) is 4.74 Å². The van der Waals surface area contributed by atoms with E-state index in [1.807, 2.05) is 0 Å². The lowest BCUT2D eigenvalue weighted by Gasteiger charge is -2.26. The van der Waals surface area contributed by atoms with E-state index in [-0.39, 0.29) is 5.41 Å². The summed E-state index contributed by atoms with van der Waals surface area (Å²) in [6.07, 6.45) is 2.21. The van der Waals surface area contributed by atoms with Crippen molar-refractivity contribution in [2.24, 2.45) is 5.41 Å². The molecule has 1 unspecified atom stereocenters. The van der Waals surface area contributed by atoms with Crippen molar-refractivity contribution in [1.82, 2.24) is 10.3 Å². The van der Waals surface area contributed by atoms with Crippen molar-refractivity contribution in [2.75, 3.05) is 26.3 Å². The van der Waals surface area contributed by atoms with Crippen LogP contribution in [0, 0.1) is 12.3 Å². The fourth-order valence-electron chi connectivity index (χ4n) is 2.19. The monoisotopic (exact) mass is 240 g/mol. The smallest absolute Gasteiger partial charge is 0.0935 e. The first-order valence-corrected chi connectivity index (χ1v) is 6.81. The maximum atomic E-state index is 5.57. The first-order valence-electron chi connectivity index (χ1n) is 5.94. The molecule has 3 nitrogen and oxygen atoms in total. The van der Waals surface area contributed by atoms with Gasteiger partial charge in [0.05, 0.1) is 11.6 Å². The fraction of sp³-hybridized carbons (Fsp3) is 0.750. The molecule has 0 saturated carbocycles. The molecule has 1 aromatic rings. The molecule has 0 amide bonds. The second-order valence-electron chi connectivity index (χ2n) is 4.64. The van der Waals surface area contributed by atoms with Crippen molar-refractivity contribution in [3.63, 3.8) is 0 Å². The van der Waals surface area contributed by atoms with Crippen LogP contribution in [0.25, 0.3) is 0 Å². The molecule has 1 aliphatic heterocycles. The Bertz CT molecular complexity index is 332. The molecule has 0 bridgehead atoms. The summed E-state index contributed by atoms with van der Waals surface area (Å²) in [4.78, 5) is 4.56. The number of aryl methyl sites for hydroxylation is 1. The second-order valence-corrected chi connectivity index (χ2v) is 5.58. The van der Waals surface area contributed by atoms with Gasteiger partial charge in [0.2, 0.25) is 0 Å². The van der Waals surface area contributed by atoms with Crippen LogP contribution in [-0.2, 0) is 11.2 Å². The number of aromatic nitrogens is 1. The van der Waals surface area contributed by atoms with E-state index in [2.05, 4.69) is 29.5 Å². The highest BCUT2D eigenvalue weighted by atomic mass is 32.1. The van der Waals surface area contributed by atoms with E-state index in [1.165, 1.54) is 5.01 Å². The maximum Gasteiger partial charge on any atom is 0.0935 e. The Hall–Kier alpha value is -0.450. The molecule has 1 atom stereocenters. The SMILES string of the molecule is CCNCC1(Cc2nc(C)cs2)CCOC1. The normalized spacial score (nSPS) is 25.1. The minimum Gasteiger partial charge on any atom is -0.381 e. The van der Waals surface area contributed by atoms with Crippen molar-refractivity contribution in [2.45, 2.75) is 26.7 Å². The Morgan fingerprint density at radius 1 is 1.62 bits per heavy atom. The predicted molar refractivity (Wildman–Crippen MR) is 67.0 cm³/mol. The van der Waals surface area contributed by atoms with Gasteiger partial charge < -0.3 is 10.1 Å². The van der Waals surface area contributed by atoms with E-state index in [1.54, 1.807) is 11.3 Å². The van der Waals surface area contributed by atoms with Crippen LogP contribution < -0.4 is 5.32 Å². The largest absolute Gasteiger partial charge is 0.381 e. The van der Waals surface area contributed by atoms with Gasteiger partial charge in [0, 0.05) is 36.1 Å². The molecule has 0 aliphatic carbocycles. The van der Waals surface area contributed by atoms with Crippen LogP contribution >= 0.6 is 11.3 Å². The molecule has 2 rings (SSSR count). The van der Waals surface area contributed by atoms with Gasteiger partial charge in [-0.05, 0) is 19.9 Å². The number of nitrogens with zero attached hydrogens (tertiary/aromatic N) is 1. The van der Waals surface area contributed by atoms with Gasteiger partial charge in [-0.3, -0.25) is 0 Å². The lowest BCUT2D eigenvalue weighted by atomic mass is 9.84. The average molecular weight is 240 g/mol. The summed E-state index contributed by atoms with van der Waals surface area (Å²) in [5.74, 6) is 0. The Morgan fingerprint density at radius 2 is 2.50 bits per heavy atom. The van der Waals surface area contributed by atoms with Crippen molar-refractivity contribution in [1.29, 1.82) is 0 Å². The molecule has 1 fully saturated rings. The van der Waals surface area contributed by atoms with E-state index in [9.17, 15) is 0 Å². The minimum absolute atomic E-state index is 0.278. The summed E-state index contributed by atoms with van der Waals surface area (Å²) in [5.41, 5.74) is 1.41. The van der Waals surface area contributed by atoms with Gasteiger partial charge in [0.15, 0.2) is 0 Å². The number of rotatable bonds is 5. The fourth-order valence-corrected chi connectivity index (χ4v) is 3.13. The van der Waals surface area contributed by atoms with Crippen LogP contribution in [0.5, 0.6) is 0 Å². The summed E-state index contributed by atoms with van der Waals surface area (Å²) in [7, 11) is 0. The maximum absolute atomic E-state index is 5.57. The zero-order valence-electron chi connectivity index (χ0n) is 10.1. The molecule has 90 valence electrons.